The largest absolute Gasteiger partial charge is 0.475 e. The fourth-order valence-corrected chi connectivity index (χ4v) is 2.65. The molecule has 122 valence electrons. The molecule has 1 N–H and O–H groups in total. The molecule has 2 rings (SSSR count). The highest BCUT2D eigenvalue weighted by molar-refractivity contribution is 9.10. The van der Waals surface area contributed by atoms with Gasteiger partial charge in [-0.05, 0) is 46.3 Å². The second-order valence-corrected chi connectivity index (χ2v) is 6.87. The van der Waals surface area contributed by atoms with E-state index in [0.29, 0.717) is 4.47 Å². The molecule has 1 amide bonds. The van der Waals surface area contributed by atoms with Gasteiger partial charge in [0.15, 0.2) is 10.8 Å². The van der Waals surface area contributed by atoms with E-state index >= 15 is 0 Å². The van der Waals surface area contributed by atoms with Crippen LogP contribution in [0, 0.1) is 0 Å². The zero-order chi connectivity index (χ0) is 17.2. The van der Waals surface area contributed by atoms with Gasteiger partial charge in [-0.2, -0.15) is 13.2 Å². The summed E-state index contributed by atoms with van der Waals surface area (Å²) in [6.07, 6.45) is 1.26. The molecule has 0 saturated carbocycles. The first-order chi connectivity index (χ1) is 10.7. The van der Waals surface area contributed by atoms with Gasteiger partial charge in [-0.25, -0.2) is 9.19 Å². The molecule has 4 nitrogen and oxygen atoms in total. The summed E-state index contributed by atoms with van der Waals surface area (Å²) in [5.41, 5.74) is -4.36. The van der Waals surface area contributed by atoms with Crippen molar-refractivity contribution in [3.05, 3.63) is 51.7 Å². The molecular formula is C13H7BrClF3N2O2S. The summed E-state index contributed by atoms with van der Waals surface area (Å²) >= 11 is 8.85. The highest BCUT2D eigenvalue weighted by atomic mass is 79.9. The third-order valence-electron chi connectivity index (χ3n) is 2.59. The molecule has 1 aromatic carbocycles. The first kappa shape index (κ1) is 17.9. The van der Waals surface area contributed by atoms with Gasteiger partial charge in [-0.3, -0.25) is 4.79 Å². The minimum atomic E-state index is -4.83. The number of halogens is 5. The average Bonchev–Trinajstić information content (AvgIpc) is 2.49. The monoisotopic (exact) mass is 426 g/mol. The van der Waals surface area contributed by atoms with Gasteiger partial charge in [-0.1, -0.05) is 11.6 Å². The molecule has 0 saturated heterocycles. The molecule has 2 aromatic rings. The maximum atomic E-state index is 12.3. The van der Waals surface area contributed by atoms with E-state index in [1.807, 2.05) is 0 Å². The van der Waals surface area contributed by atoms with Gasteiger partial charge in [0.05, 0.1) is 10.0 Å². The molecule has 10 heteroatoms. The number of rotatable bonds is 3. The van der Waals surface area contributed by atoms with E-state index in [9.17, 15) is 22.2 Å². The lowest BCUT2D eigenvalue weighted by atomic mass is 10.2. The summed E-state index contributed by atoms with van der Waals surface area (Å²) in [4.78, 5) is 15.4. The Hall–Kier alpha value is -1.45. The quantitative estimate of drug-likeness (QED) is 0.740. The molecule has 0 bridgehead atoms. The third-order valence-corrected chi connectivity index (χ3v) is 4.85. The van der Waals surface area contributed by atoms with Gasteiger partial charge in [0.2, 0.25) is 0 Å². The van der Waals surface area contributed by atoms with E-state index in [-0.39, 0.29) is 16.4 Å². The number of pyridine rings is 1. The van der Waals surface area contributed by atoms with Crippen molar-refractivity contribution in [2.24, 2.45) is 0 Å². The van der Waals surface area contributed by atoms with E-state index < -0.39 is 27.1 Å². The summed E-state index contributed by atoms with van der Waals surface area (Å²) in [6.45, 7) is 0. The number of alkyl halides is 3. The topological polar surface area (TPSA) is 59.1 Å². The average molecular weight is 428 g/mol. The zero-order valence-corrected chi connectivity index (χ0v) is 14.2. The lowest BCUT2D eigenvalue weighted by Crippen LogP contribution is -2.16. The van der Waals surface area contributed by atoms with Crippen molar-refractivity contribution in [3.8, 4) is 0 Å². The maximum absolute atomic E-state index is 12.3. The van der Waals surface area contributed by atoms with Crippen LogP contribution in [0.5, 0.6) is 0 Å². The van der Waals surface area contributed by atoms with Crippen LogP contribution < -0.4 is 5.32 Å². The first-order valence-corrected chi connectivity index (χ1v) is 8.21. The zero-order valence-electron chi connectivity index (χ0n) is 11.0. The molecule has 1 unspecified atom stereocenters. The summed E-state index contributed by atoms with van der Waals surface area (Å²) in [5, 5.41) is 2.68. The van der Waals surface area contributed by atoms with E-state index in [4.69, 9.17) is 11.6 Å². The Morgan fingerprint density at radius 2 is 1.87 bits per heavy atom. The van der Waals surface area contributed by atoms with Gasteiger partial charge in [0.1, 0.15) is 5.15 Å². The first-order valence-electron chi connectivity index (χ1n) is 5.89. The van der Waals surface area contributed by atoms with Crippen LogP contribution in [0.25, 0.3) is 0 Å². The van der Waals surface area contributed by atoms with Gasteiger partial charge >= 0.3 is 5.51 Å². The number of carbonyl (C=O) groups is 1. The predicted octanol–water partition coefficient (Wildman–Crippen LogP) is 4.38. The minimum Gasteiger partial charge on any atom is -0.322 e. The van der Waals surface area contributed by atoms with Crippen molar-refractivity contribution >= 4 is 49.9 Å². The Balaban J connectivity index is 2.13. The van der Waals surface area contributed by atoms with Crippen LogP contribution in [0.3, 0.4) is 0 Å². The molecular weight excluding hydrogens is 421 g/mol. The van der Waals surface area contributed by atoms with Gasteiger partial charge < -0.3 is 5.32 Å². The van der Waals surface area contributed by atoms with Crippen LogP contribution >= 0.6 is 27.5 Å². The highest BCUT2D eigenvalue weighted by Gasteiger charge is 2.37. The standard InChI is InChI=1S/C13H7BrClF3N2O2S/c14-10-5-7(6-19-11(10)15)12(21)20-8-1-3-9(4-2-8)23(22)13(16,17)18/h1-6H,(H,20,21). The summed E-state index contributed by atoms with van der Waals surface area (Å²) in [6, 6.07) is 5.99. The number of amides is 1. The molecule has 1 heterocycles. The molecule has 0 fully saturated rings. The lowest BCUT2D eigenvalue weighted by Gasteiger charge is -2.08. The van der Waals surface area contributed by atoms with Crippen LogP contribution in [0.4, 0.5) is 18.9 Å². The van der Waals surface area contributed by atoms with Crippen molar-refractivity contribution in [3.63, 3.8) is 0 Å². The molecule has 1 aromatic heterocycles. The molecule has 0 radical (unpaired) electrons. The Kier molecular flexibility index (Phi) is 5.43. The maximum Gasteiger partial charge on any atom is 0.475 e. The van der Waals surface area contributed by atoms with Crippen molar-refractivity contribution in [2.45, 2.75) is 10.4 Å². The fraction of sp³-hybridized carbons (Fsp3) is 0.0769. The number of nitrogens with zero attached hydrogens (tertiary/aromatic N) is 1. The number of anilines is 1. The van der Waals surface area contributed by atoms with Crippen molar-refractivity contribution in [2.75, 3.05) is 5.32 Å². The normalized spacial score (nSPS) is 12.7. The molecule has 0 aliphatic heterocycles. The van der Waals surface area contributed by atoms with Crippen molar-refractivity contribution in [1.82, 2.24) is 4.98 Å². The van der Waals surface area contributed by atoms with Crippen LogP contribution in [0.2, 0.25) is 5.15 Å². The Morgan fingerprint density at radius 3 is 2.39 bits per heavy atom. The molecule has 0 aliphatic rings. The number of benzene rings is 1. The predicted molar refractivity (Wildman–Crippen MR) is 83.8 cm³/mol. The van der Waals surface area contributed by atoms with Crippen molar-refractivity contribution in [1.29, 1.82) is 0 Å². The smallest absolute Gasteiger partial charge is 0.322 e. The lowest BCUT2D eigenvalue weighted by molar-refractivity contribution is -0.0384. The number of hydrogen-bond donors (Lipinski definition) is 1. The van der Waals surface area contributed by atoms with E-state index in [1.165, 1.54) is 24.4 Å². The van der Waals surface area contributed by atoms with E-state index in [1.54, 1.807) is 0 Å². The highest BCUT2D eigenvalue weighted by Crippen LogP contribution is 2.27. The van der Waals surface area contributed by atoms with Gasteiger partial charge in [0.25, 0.3) is 5.91 Å². The van der Waals surface area contributed by atoms with Gasteiger partial charge in [-0.15, -0.1) is 0 Å². The number of aromatic nitrogens is 1. The summed E-state index contributed by atoms with van der Waals surface area (Å²) in [7, 11) is -3.11. The SMILES string of the molecule is O=C(Nc1ccc(S(=O)C(F)(F)F)cc1)c1cnc(Cl)c(Br)c1. The minimum absolute atomic E-state index is 0.195. The summed E-state index contributed by atoms with van der Waals surface area (Å²) < 4.78 is 48.6. The van der Waals surface area contributed by atoms with Gasteiger partial charge in [0, 0.05) is 16.8 Å². The fourth-order valence-electron chi connectivity index (χ4n) is 1.54. The number of hydrogen-bond acceptors (Lipinski definition) is 3. The van der Waals surface area contributed by atoms with Crippen LogP contribution in [-0.2, 0) is 10.8 Å². The van der Waals surface area contributed by atoms with E-state index in [2.05, 4.69) is 26.2 Å². The summed E-state index contributed by atoms with van der Waals surface area (Å²) in [5.74, 6) is -0.514. The second-order valence-electron chi connectivity index (χ2n) is 4.19. The van der Waals surface area contributed by atoms with Crippen LogP contribution in [-0.4, -0.2) is 20.6 Å². The third kappa shape index (κ3) is 4.52. The Morgan fingerprint density at radius 1 is 1.26 bits per heavy atom. The van der Waals surface area contributed by atoms with E-state index in [0.717, 1.165) is 12.1 Å². The number of carbonyl (C=O) groups excluding carboxylic acids is 1. The molecule has 0 spiro atoms. The Bertz CT molecular complexity index is 769. The molecule has 1 atom stereocenters. The van der Waals surface area contributed by atoms with Crippen molar-refractivity contribution < 1.29 is 22.2 Å². The molecule has 23 heavy (non-hydrogen) atoms. The number of nitrogens with one attached hydrogen (secondary N) is 1. The molecule has 0 aliphatic carbocycles. The Labute approximate surface area is 144 Å². The van der Waals surface area contributed by atoms with Crippen LogP contribution in [0.1, 0.15) is 10.4 Å². The van der Waals surface area contributed by atoms with Crippen LogP contribution in [0.15, 0.2) is 45.9 Å². The second kappa shape index (κ2) is 6.98.